The lowest BCUT2D eigenvalue weighted by atomic mass is 9.91. The predicted octanol–water partition coefficient (Wildman–Crippen LogP) is 1.94. The Labute approximate surface area is 126 Å². The van der Waals surface area contributed by atoms with Crippen LogP contribution in [-0.2, 0) is 4.79 Å². The van der Waals surface area contributed by atoms with Crippen molar-refractivity contribution in [2.24, 2.45) is 17.6 Å². The number of aliphatic hydroxyl groups excluding tert-OH is 1. The minimum Gasteiger partial charge on any atom is -0.396 e. The lowest BCUT2D eigenvalue weighted by molar-refractivity contribution is -0.137. The fourth-order valence-corrected chi connectivity index (χ4v) is 3.09. The Kier molecular flexibility index (Phi) is 5.76. The molecule has 0 aromatic heterocycles. The van der Waals surface area contributed by atoms with Gasteiger partial charge in [0.25, 0.3) is 0 Å². The van der Waals surface area contributed by atoms with Gasteiger partial charge in [-0.1, -0.05) is 37.3 Å². The molecule has 0 radical (unpaired) electrons. The van der Waals surface area contributed by atoms with Crippen LogP contribution in [0.25, 0.3) is 0 Å². The fraction of sp³-hybridized carbons (Fsp3) is 0.588. The molecule has 1 amide bonds. The van der Waals surface area contributed by atoms with Crippen molar-refractivity contribution >= 4 is 5.91 Å². The van der Waals surface area contributed by atoms with Gasteiger partial charge in [-0.25, -0.2) is 0 Å². The first-order chi connectivity index (χ1) is 10.1. The Morgan fingerprint density at radius 1 is 1.43 bits per heavy atom. The van der Waals surface area contributed by atoms with Gasteiger partial charge < -0.3 is 15.7 Å². The zero-order chi connectivity index (χ0) is 15.2. The zero-order valence-corrected chi connectivity index (χ0v) is 12.7. The summed E-state index contributed by atoms with van der Waals surface area (Å²) in [5.74, 6) is 0.335. The maximum Gasteiger partial charge on any atom is 0.227 e. The second kappa shape index (κ2) is 7.57. The Morgan fingerprint density at radius 3 is 2.81 bits per heavy atom. The number of hydrogen-bond donors (Lipinski definition) is 2. The van der Waals surface area contributed by atoms with E-state index in [9.17, 15) is 4.79 Å². The molecule has 0 saturated carbocycles. The van der Waals surface area contributed by atoms with Crippen LogP contribution < -0.4 is 5.73 Å². The fourth-order valence-electron chi connectivity index (χ4n) is 3.09. The Morgan fingerprint density at radius 2 is 2.14 bits per heavy atom. The molecule has 2 rings (SSSR count). The normalized spacial score (nSPS) is 21.9. The van der Waals surface area contributed by atoms with Crippen molar-refractivity contribution in [3.05, 3.63) is 35.9 Å². The number of benzene rings is 1. The predicted molar refractivity (Wildman–Crippen MR) is 83.5 cm³/mol. The van der Waals surface area contributed by atoms with E-state index in [4.69, 9.17) is 10.8 Å². The molecule has 1 aliphatic heterocycles. The van der Waals surface area contributed by atoms with Gasteiger partial charge in [0, 0.05) is 25.7 Å². The minimum atomic E-state index is -0.267. The van der Waals surface area contributed by atoms with E-state index in [1.54, 1.807) is 0 Å². The van der Waals surface area contributed by atoms with Crippen LogP contribution in [0.2, 0.25) is 0 Å². The first-order valence-electron chi connectivity index (χ1n) is 7.83. The van der Waals surface area contributed by atoms with Gasteiger partial charge in [0.1, 0.15) is 0 Å². The van der Waals surface area contributed by atoms with E-state index in [1.165, 1.54) is 0 Å². The molecule has 3 unspecified atom stereocenters. The summed E-state index contributed by atoms with van der Waals surface area (Å²) < 4.78 is 0. The summed E-state index contributed by atoms with van der Waals surface area (Å²) in [6.07, 6.45) is 2.90. The third kappa shape index (κ3) is 4.05. The van der Waals surface area contributed by atoms with Crippen molar-refractivity contribution in [1.82, 2.24) is 4.90 Å². The second-order valence-corrected chi connectivity index (χ2v) is 6.03. The summed E-state index contributed by atoms with van der Waals surface area (Å²) >= 11 is 0. The Bertz CT molecular complexity index is 447. The van der Waals surface area contributed by atoms with Crippen molar-refractivity contribution in [3.63, 3.8) is 0 Å². The average molecular weight is 290 g/mol. The van der Waals surface area contributed by atoms with Crippen molar-refractivity contribution in [2.45, 2.75) is 32.2 Å². The number of amides is 1. The molecule has 0 bridgehead atoms. The van der Waals surface area contributed by atoms with Crippen LogP contribution in [0.1, 0.15) is 37.8 Å². The largest absolute Gasteiger partial charge is 0.396 e. The third-order valence-corrected chi connectivity index (χ3v) is 4.48. The topological polar surface area (TPSA) is 66.6 Å². The van der Waals surface area contributed by atoms with Crippen LogP contribution in [-0.4, -0.2) is 35.6 Å². The van der Waals surface area contributed by atoms with E-state index in [0.29, 0.717) is 5.92 Å². The van der Waals surface area contributed by atoms with E-state index in [-0.39, 0.29) is 24.5 Å². The van der Waals surface area contributed by atoms with Crippen molar-refractivity contribution < 1.29 is 9.90 Å². The quantitative estimate of drug-likeness (QED) is 0.871. The Balaban J connectivity index is 1.98. The standard InChI is InChI=1S/C17H26N2O2/c1-13(16(18)15-7-3-2-4-8-15)17(21)19-10-5-6-14(12-19)9-11-20/h2-4,7-8,13-14,16,20H,5-6,9-12,18H2,1H3. The van der Waals surface area contributed by atoms with E-state index < -0.39 is 0 Å². The summed E-state index contributed by atoms with van der Waals surface area (Å²) in [5, 5.41) is 9.07. The number of nitrogens with zero attached hydrogens (tertiary/aromatic N) is 1. The number of carbonyl (C=O) groups excluding carboxylic acids is 1. The first-order valence-corrected chi connectivity index (χ1v) is 7.83. The number of hydrogen-bond acceptors (Lipinski definition) is 3. The van der Waals surface area contributed by atoms with Gasteiger partial charge in [-0.2, -0.15) is 0 Å². The third-order valence-electron chi connectivity index (χ3n) is 4.48. The molecule has 4 nitrogen and oxygen atoms in total. The van der Waals surface area contributed by atoms with Crippen LogP contribution in [0.3, 0.4) is 0 Å². The van der Waals surface area contributed by atoms with Crippen LogP contribution in [0, 0.1) is 11.8 Å². The molecule has 3 atom stereocenters. The molecule has 1 aromatic carbocycles. The number of piperidine rings is 1. The molecule has 4 heteroatoms. The summed E-state index contributed by atoms with van der Waals surface area (Å²) in [7, 11) is 0. The second-order valence-electron chi connectivity index (χ2n) is 6.03. The van der Waals surface area contributed by atoms with E-state index in [1.807, 2.05) is 42.2 Å². The maximum atomic E-state index is 12.6. The number of aliphatic hydroxyl groups is 1. The van der Waals surface area contributed by atoms with Gasteiger partial charge in [0.2, 0.25) is 5.91 Å². The smallest absolute Gasteiger partial charge is 0.227 e. The van der Waals surface area contributed by atoms with Gasteiger partial charge in [-0.15, -0.1) is 0 Å². The molecule has 1 heterocycles. The summed E-state index contributed by atoms with van der Waals surface area (Å²) in [5.41, 5.74) is 7.25. The van der Waals surface area contributed by atoms with Gasteiger partial charge in [-0.3, -0.25) is 4.79 Å². The lowest BCUT2D eigenvalue weighted by Gasteiger charge is -2.35. The number of likely N-dealkylation sites (tertiary alicyclic amines) is 1. The van der Waals surface area contributed by atoms with E-state index >= 15 is 0 Å². The molecular weight excluding hydrogens is 264 g/mol. The monoisotopic (exact) mass is 290 g/mol. The highest BCUT2D eigenvalue weighted by Gasteiger charge is 2.29. The number of nitrogens with two attached hydrogens (primary N) is 1. The molecule has 1 aliphatic rings. The first kappa shape index (κ1) is 16.0. The van der Waals surface area contributed by atoms with Gasteiger partial charge in [-0.05, 0) is 30.7 Å². The van der Waals surface area contributed by atoms with Gasteiger partial charge in [0.05, 0.1) is 5.92 Å². The molecule has 1 fully saturated rings. The average Bonchev–Trinajstić information content (AvgIpc) is 2.54. The SMILES string of the molecule is CC(C(=O)N1CCCC(CCO)C1)C(N)c1ccccc1. The van der Waals surface area contributed by atoms with Crippen LogP contribution in [0.4, 0.5) is 0 Å². The number of carbonyl (C=O) groups is 1. The lowest BCUT2D eigenvalue weighted by Crippen LogP contribution is -2.44. The van der Waals surface area contributed by atoms with Crippen molar-refractivity contribution in [1.29, 1.82) is 0 Å². The zero-order valence-electron chi connectivity index (χ0n) is 12.7. The molecule has 116 valence electrons. The van der Waals surface area contributed by atoms with Crippen molar-refractivity contribution in [2.75, 3.05) is 19.7 Å². The van der Waals surface area contributed by atoms with Crippen molar-refractivity contribution in [3.8, 4) is 0 Å². The molecule has 0 aliphatic carbocycles. The summed E-state index contributed by atoms with van der Waals surface area (Å²) in [4.78, 5) is 14.6. The van der Waals surface area contributed by atoms with Gasteiger partial charge >= 0.3 is 0 Å². The summed E-state index contributed by atoms with van der Waals surface area (Å²) in [6, 6.07) is 9.53. The number of rotatable bonds is 5. The van der Waals surface area contributed by atoms with Crippen LogP contribution in [0.5, 0.6) is 0 Å². The maximum absolute atomic E-state index is 12.6. The molecule has 1 saturated heterocycles. The highest BCUT2D eigenvalue weighted by Crippen LogP contribution is 2.25. The van der Waals surface area contributed by atoms with Crippen LogP contribution >= 0.6 is 0 Å². The van der Waals surface area contributed by atoms with E-state index in [0.717, 1.165) is 37.9 Å². The molecule has 21 heavy (non-hydrogen) atoms. The van der Waals surface area contributed by atoms with Gasteiger partial charge in [0.15, 0.2) is 0 Å². The molecule has 3 N–H and O–H groups in total. The van der Waals surface area contributed by atoms with Crippen LogP contribution in [0.15, 0.2) is 30.3 Å². The molecular formula is C17H26N2O2. The molecule has 1 aromatic rings. The molecule has 0 spiro atoms. The summed E-state index contributed by atoms with van der Waals surface area (Å²) in [6.45, 7) is 3.68. The minimum absolute atomic E-state index is 0.133. The highest BCUT2D eigenvalue weighted by molar-refractivity contribution is 5.79. The Hall–Kier alpha value is -1.39. The highest BCUT2D eigenvalue weighted by atomic mass is 16.3. The van der Waals surface area contributed by atoms with E-state index in [2.05, 4.69) is 0 Å².